The molecular weight excluding hydrogens is 392 g/mol. The molecule has 5 nitrogen and oxygen atoms in total. The zero-order valence-corrected chi connectivity index (χ0v) is 14.0. The van der Waals surface area contributed by atoms with Gasteiger partial charge < -0.3 is 4.52 Å². The summed E-state index contributed by atoms with van der Waals surface area (Å²) in [6.07, 6.45) is 0. The third-order valence-corrected chi connectivity index (χ3v) is 5.65. The fourth-order valence-electron chi connectivity index (χ4n) is 1.84. The summed E-state index contributed by atoms with van der Waals surface area (Å²) >= 11 is 7.00. The predicted octanol–water partition coefficient (Wildman–Crippen LogP) is 4.77. The Morgan fingerprint density at radius 1 is 1.20 bits per heavy atom. The summed E-state index contributed by atoms with van der Waals surface area (Å²) in [4.78, 5) is 10.1. The number of hydrogen-bond acceptors (Lipinski definition) is 4. The van der Waals surface area contributed by atoms with E-state index >= 15 is 0 Å². The van der Waals surface area contributed by atoms with Gasteiger partial charge in [0, 0.05) is 0 Å². The van der Waals surface area contributed by atoms with Crippen LogP contribution in [-0.2, 0) is 0 Å². The van der Waals surface area contributed by atoms with Crippen LogP contribution < -0.4 is 0 Å². The monoisotopic (exact) mass is 402 g/mol. The molecule has 2 rings (SSSR count). The highest BCUT2D eigenvalue weighted by Crippen LogP contribution is 2.45. The normalized spacial score (nSPS) is 14.0. The van der Waals surface area contributed by atoms with Crippen LogP contribution >= 0.6 is 31.9 Å². The minimum absolute atomic E-state index is 0.0802. The smallest absolute Gasteiger partial charge is 0.335 e. The van der Waals surface area contributed by atoms with Crippen LogP contribution in [-0.4, -0.2) is 10.1 Å². The number of aryl methyl sites for hydroxylation is 2. The van der Waals surface area contributed by atoms with Crippen LogP contribution in [0.3, 0.4) is 0 Å². The lowest BCUT2D eigenvalue weighted by Gasteiger charge is -2.14. The van der Waals surface area contributed by atoms with Crippen LogP contribution in [0.15, 0.2) is 28.8 Å². The van der Waals surface area contributed by atoms with Gasteiger partial charge in [0.15, 0.2) is 5.69 Å². The Hall–Kier alpha value is -1.21. The van der Waals surface area contributed by atoms with E-state index in [4.69, 9.17) is 4.52 Å². The lowest BCUT2D eigenvalue weighted by molar-refractivity contribution is -0.386. The molecule has 0 fully saturated rings. The van der Waals surface area contributed by atoms with Crippen LogP contribution in [0.1, 0.15) is 32.2 Å². The lowest BCUT2D eigenvalue weighted by Crippen LogP contribution is -2.02. The maximum absolute atomic E-state index is 11.1. The quantitative estimate of drug-likeness (QED) is 0.418. The molecule has 2 unspecified atom stereocenters. The molecule has 1 aromatic heterocycles. The van der Waals surface area contributed by atoms with Crippen molar-refractivity contribution in [3.8, 4) is 0 Å². The molecule has 0 saturated heterocycles. The topological polar surface area (TPSA) is 69.2 Å². The minimum Gasteiger partial charge on any atom is -0.352 e. The highest BCUT2D eigenvalue weighted by Gasteiger charge is 2.33. The molecule has 0 aliphatic heterocycles. The van der Waals surface area contributed by atoms with E-state index < -0.39 is 4.92 Å². The second kappa shape index (κ2) is 6.05. The van der Waals surface area contributed by atoms with Crippen molar-refractivity contribution < 1.29 is 9.45 Å². The minimum atomic E-state index is -0.468. The average molecular weight is 404 g/mol. The highest BCUT2D eigenvalue weighted by atomic mass is 79.9. The van der Waals surface area contributed by atoms with E-state index in [1.165, 1.54) is 0 Å². The summed E-state index contributed by atoms with van der Waals surface area (Å²) in [6.45, 7) is 3.56. The number of aromatic nitrogens is 1. The third-order valence-electron chi connectivity index (χ3n) is 2.94. The van der Waals surface area contributed by atoms with Gasteiger partial charge in [0.1, 0.15) is 0 Å². The molecule has 2 atom stereocenters. The van der Waals surface area contributed by atoms with Gasteiger partial charge in [-0.25, -0.2) is 0 Å². The van der Waals surface area contributed by atoms with Crippen molar-refractivity contribution >= 4 is 37.5 Å². The van der Waals surface area contributed by atoms with E-state index in [0.717, 1.165) is 11.1 Å². The summed E-state index contributed by atoms with van der Waals surface area (Å²) < 4.78 is 5.12. The van der Waals surface area contributed by atoms with E-state index in [9.17, 15) is 10.1 Å². The number of rotatable bonds is 4. The Labute approximate surface area is 132 Å². The molecule has 2 aromatic rings. The van der Waals surface area contributed by atoms with Crippen LogP contribution in [0.2, 0.25) is 0 Å². The molecule has 0 radical (unpaired) electrons. The zero-order chi connectivity index (χ0) is 14.9. The molecule has 0 saturated carbocycles. The van der Waals surface area contributed by atoms with Crippen molar-refractivity contribution in [3.63, 3.8) is 0 Å². The van der Waals surface area contributed by atoms with E-state index in [1.54, 1.807) is 6.92 Å². The lowest BCUT2D eigenvalue weighted by atomic mass is 10.1. The van der Waals surface area contributed by atoms with Crippen LogP contribution in [0, 0.1) is 24.0 Å². The van der Waals surface area contributed by atoms with Crippen molar-refractivity contribution in [3.05, 3.63) is 57.0 Å². The number of halogens is 2. The molecule has 1 heterocycles. The Bertz CT molecular complexity index is 625. The summed E-state index contributed by atoms with van der Waals surface area (Å²) in [7, 11) is 0. The molecule has 20 heavy (non-hydrogen) atoms. The van der Waals surface area contributed by atoms with Gasteiger partial charge in [-0.3, -0.25) is 10.1 Å². The molecule has 0 bridgehead atoms. The van der Waals surface area contributed by atoms with Gasteiger partial charge in [0.25, 0.3) is 0 Å². The van der Waals surface area contributed by atoms with Crippen LogP contribution in [0.4, 0.5) is 5.69 Å². The molecule has 0 amide bonds. The van der Waals surface area contributed by atoms with Gasteiger partial charge in [-0.05, 0) is 19.4 Å². The Morgan fingerprint density at radius 2 is 1.80 bits per heavy atom. The third kappa shape index (κ3) is 2.93. The first-order valence-electron chi connectivity index (χ1n) is 5.87. The Morgan fingerprint density at radius 3 is 2.35 bits per heavy atom. The fraction of sp³-hybridized carbons (Fsp3) is 0.308. The van der Waals surface area contributed by atoms with Crippen LogP contribution in [0.5, 0.6) is 0 Å². The van der Waals surface area contributed by atoms with Gasteiger partial charge in [-0.1, -0.05) is 66.8 Å². The number of nitrogens with zero attached hydrogens (tertiary/aromatic N) is 2. The van der Waals surface area contributed by atoms with Crippen molar-refractivity contribution in [2.75, 3.05) is 0 Å². The van der Waals surface area contributed by atoms with E-state index in [2.05, 4.69) is 37.0 Å². The molecule has 0 aliphatic carbocycles. The molecule has 0 N–H and O–H groups in total. The molecule has 1 aromatic carbocycles. The number of alkyl halides is 2. The number of hydrogen-bond donors (Lipinski definition) is 0. The number of benzene rings is 1. The van der Waals surface area contributed by atoms with E-state index in [0.29, 0.717) is 0 Å². The van der Waals surface area contributed by atoms with Crippen molar-refractivity contribution in [1.82, 2.24) is 5.16 Å². The first-order valence-corrected chi connectivity index (χ1v) is 7.70. The van der Waals surface area contributed by atoms with Crippen LogP contribution in [0.25, 0.3) is 0 Å². The van der Waals surface area contributed by atoms with Gasteiger partial charge in [0.2, 0.25) is 5.76 Å². The first-order chi connectivity index (χ1) is 9.41. The molecule has 106 valence electrons. The summed E-state index contributed by atoms with van der Waals surface area (Å²) in [5.41, 5.74) is 2.35. The summed E-state index contributed by atoms with van der Waals surface area (Å²) in [5, 5.41) is 14.8. The van der Waals surface area contributed by atoms with Gasteiger partial charge in [-0.15, -0.1) is 0 Å². The van der Waals surface area contributed by atoms with Gasteiger partial charge in [-0.2, -0.15) is 0 Å². The fourth-order valence-corrected chi connectivity index (χ4v) is 2.99. The average Bonchev–Trinajstić information content (AvgIpc) is 2.80. The zero-order valence-electron chi connectivity index (χ0n) is 10.8. The van der Waals surface area contributed by atoms with Gasteiger partial charge in [0.05, 0.1) is 14.6 Å². The van der Waals surface area contributed by atoms with E-state index in [1.807, 2.05) is 31.2 Å². The first kappa shape index (κ1) is 15.2. The van der Waals surface area contributed by atoms with Crippen molar-refractivity contribution in [2.24, 2.45) is 0 Å². The van der Waals surface area contributed by atoms with Crippen molar-refractivity contribution in [1.29, 1.82) is 0 Å². The SMILES string of the molecule is Cc1ccc(C(Br)C(Br)c2onc(C)c2[N+](=O)[O-])cc1. The maximum atomic E-state index is 11.1. The summed E-state index contributed by atoms with van der Waals surface area (Å²) in [6, 6.07) is 7.92. The predicted molar refractivity (Wildman–Crippen MR) is 82.4 cm³/mol. The highest BCUT2D eigenvalue weighted by molar-refractivity contribution is 9.12. The maximum Gasteiger partial charge on any atom is 0.335 e. The Kier molecular flexibility index (Phi) is 4.59. The molecule has 0 aliphatic rings. The molecular formula is C13H12Br2N2O3. The summed E-state index contributed by atoms with van der Waals surface area (Å²) in [5.74, 6) is 0.218. The molecule has 0 spiro atoms. The second-order valence-corrected chi connectivity index (χ2v) is 6.43. The number of nitro groups is 1. The largest absolute Gasteiger partial charge is 0.352 e. The Balaban J connectivity index is 2.33. The van der Waals surface area contributed by atoms with Crippen molar-refractivity contribution in [2.45, 2.75) is 23.5 Å². The molecule has 7 heteroatoms. The standard InChI is InChI=1S/C13H12Br2N2O3/c1-7-3-5-9(6-4-7)10(14)11(15)13-12(17(18)19)8(2)16-20-13/h3-6,10-11H,1-2H3. The van der Waals surface area contributed by atoms with Gasteiger partial charge >= 0.3 is 5.69 Å². The van der Waals surface area contributed by atoms with E-state index in [-0.39, 0.29) is 26.8 Å². The second-order valence-electron chi connectivity index (χ2n) is 4.45.